The van der Waals surface area contributed by atoms with Crippen molar-refractivity contribution in [3.63, 3.8) is 0 Å². The van der Waals surface area contributed by atoms with Gasteiger partial charge in [-0.25, -0.2) is 4.98 Å². The number of aryl methyl sites for hydroxylation is 2. The number of pyridine rings is 2. The van der Waals surface area contributed by atoms with E-state index in [-0.39, 0.29) is 21.1 Å². The van der Waals surface area contributed by atoms with E-state index in [1.54, 1.807) is 0 Å². The summed E-state index contributed by atoms with van der Waals surface area (Å²) in [7, 11) is 0. The van der Waals surface area contributed by atoms with Crippen LogP contribution >= 0.6 is 0 Å². The van der Waals surface area contributed by atoms with E-state index in [1.165, 1.54) is 33.2 Å². The van der Waals surface area contributed by atoms with Crippen LogP contribution in [0.3, 0.4) is 0 Å². The molecule has 4 aromatic heterocycles. The average Bonchev–Trinajstić information content (AvgIpc) is 3.74. The van der Waals surface area contributed by atoms with E-state index in [1.807, 2.05) is 24.4 Å². The molecule has 254 valence electrons. The predicted molar refractivity (Wildman–Crippen MR) is 210 cm³/mol. The Balaban J connectivity index is 0.00000349. The summed E-state index contributed by atoms with van der Waals surface area (Å²) in [6.07, 6.45) is 2.69. The Morgan fingerprint density at radius 1 is 0.604 bits per heavy atom. The molecule has 5 nitrogen and oxygen atoms in total. The van der Waals surface area contributed by atoms with Gasteiger partial charge in [0.25, 0.3) is 0 Å². The van der Waals surface area contributed by atoms with Crippen LogP contribution in [-0.4, -0.2) is 18.9 Å². The largest absolute Gasteiger partial charge is 2.00 e. The molecule has 1 aliphatic rings. The van der Waals surface area contributed by atoms with E-state index in [4.69, 9.17) is 14.7 Å². The predicted octanol–water partition coefficient (Wildman–Crippen LogP) is 11.4. The van der Waals surface area contributed by atoms with Gasteiger partial charge in [0.05, 0.1) is 22.6 Å². The van der Waals surface area contributed by atoms with Gasteiger partial charge >= 0.3 is 21.1 Å². The molecule has 0 bridgehead atoms. The molecule has 0 aliphatic carbocycles. The van der Waals surface area contributed by atoms with Crippen LogP contribution in [0.4, 0.5) is 0 Å². The number of hydrogen-bond donors (Lipinski definition) is 0. The molecular formula is C47H30N4OPt. The minimum absolute atomic E-state index is 0. The Labute approximate surface area is 320 Å². The molecule has 0 unspecified atom stereocenters. The fourth-order valence-corrected chi connectivity index (χ4v) is 8.31. The average molecular weight is 862 g/mol. The summed E-state index contributed by atoms with van der Waals surface area (Å²) in [5.74, 6) is 1.23. The molecule has 10 aromatic rings. The summed E-state index contributed by atoms with van der Waals surface area (Å²) < 4.78 is 11.2. The molecule has 0 atom stereocenters. The van der Waals surface area contributed by atoms with Crippen molar-refractivity contribution >= 4 is 49.3 Å². The summed E-state index contributed by atoms with van der Waals surface area (Å²) in [4.78, 5) is 10.3. The number of para-hydroxylation sites is 2. The van der Waals surface area contributed by atoms with Crippen LogP contribution in [0.25, 0.3) is 77.5 Å². The van der Waals surface area contributed by atoms with Crippen molar-refractivity contribution in [1.82, 2.24) is 18.9 Å². The third kappa shape index (κ3) is 4.67. The van der Waals surface area contributed by atoms with Gasteiger partial charge in [0.1, 0.15) is 5.65 Å². The van der Waals surface area contributed by atoms with Crippen molar-refractivity contribution in [2.45, 2.75) is 20.3 Å². The molecule has 1 aliphatic heterocycles. The number of rotatable bonds is 4. The van der Waals surface area contributed by atoms with E-state index < -0.39 is 0 Å². The first-order valence-corrected chi connectivity index (χ1v) is 17.6. The van der Waals surface area contributed by atoms with Crippen molar-refractivity contribution < 1.29 is 25.8 Å². The summed E-state index contributed by atoms with van der Waals surface area (Å²) in [6.45, 7) is 4.32. The molecule has 11 rings (SSSR count). The van der Waals surface area contributed by atoms with Gasteiger partial charge in [0.2, 0.25) is 0 Å². The quantitative estimate of drug-likeness (QED) is 0.131. The minimum Gasteiger partial charge on any atom is -0.503 e. The van der Waals surface area contributed by atoms with E-state index in [0.29, 0.717) is 11.5 Å². The van der Waals surface area contributed by atoms with Crippen LogP contribution in [-0.2, 0) is 27.5 Å². The maximum absolute atomic E-state index is 6.65. The van der Waals surface area contributed by atoms with Crippen molar-refractivity contribution in [2.24, 2.45) is 0 Å². The topological polar surface area (TPSA) is 44.4 Å². The maximum Gasteiger partial charge on any atom is 2.00 e. The third-order valence-corrected chi connectivity index (χ3v) is 10.7. The van der Waals surface area contributed by atoms with Crippen molar-refractivity contribution in [3.8, 4) is 39.7 Å². The van der Waals surface area contributed by atoms with E-state index in [9.17, 15) is 0 Å². The van der Waals surface area contributed by atoms with Gasteiger partial charge in [0, 0.05) is 45.1 Å². The summed E-state index contributed by atoms with van der Waals surface area (Å²) in [6, 6.07) is 52.0. The molecule has 53 heavy (non-hydrogen) atoms. The zero-order chi connectivity index (χ0) is 34.5. The maximum atomic E-state index is 6.65. The summed E-state index contributed by atoms with van der Waals surface area (Å²) in [5, 5.41) is 5.46. The van der Waals surface area contributed by atoms with Crippen molar-refractivity contribution in [2.75, 3.05) is 0 Å². The third-order valence-electron chi connectivity index (χ3n) is 10.7. The fraction of sp³-hybridized carbons (Fsp3) is 0.0638. The molecule has 6 heteroatoms. The van der Waals surface area contributed by atoms with E-state index in [2.05, 4.69) is 144 Å². The Kier molecular flexibility index (Phi) is 7.18. The second-order valence-corrected chi connectivity index (χ2v) is 13.7. The number of fused-ring (bicyclic) bond motifs is 11. The second kappa shape index (κ2) is 12.0. The molecule has 0 fully saturated rings. The molecule has 0 spiro atoms. The standard InChI is InChI=1S/C47H30N4O.Pt/c1-28-11-3-5-14-34(28)43-45(35-15-6-4-12-29(35)2)50-41-19-8-7-16-37(41)36-23-22-32(26-40(36)47(50)49-43)52-33-21-20-30-25-31-13-9-17-38-39-18-10-24-48-46(39)51(44(31)38)42(30)27-33;/h3-24H,25H2,1-2H3;/q-2;+2. The molecule has 6 aromatic carbocycles. The second-order valence-electron chi connectivity index (χ2n) is 13.7. The molecule has 0 N–H and O–H groups in total. The summed E-state index contributed by atoms with van der Waals surface area (Å²) in [5.41, 5.74) is 14.2. The van der Waals surface area contributed by atoms with Crippen LogP contribution in [0.15, 0.2) is 134 Å². The number of hydrogen-bond acceptors (Lipinski definition) is 3. The van der Waals surface area contributed by atoms with Gasteiger partial charge in [0.15, 0.2) is 0 Å². The van der Waals surface area contributed by atoms with Crippen molar-refractivity contribution in [1.29, 1.82) is 0 Å². The van der Waals surface area contributed by atoms with Crippen LogP contribution in [0.5, 0.6) is 11.5 Å². The zero-order valence-electron chi connectivity index (χ0n) is 28.9. The SMILES string of the molecule is Cc1ccccc1-c1nc2c3[c-]c(Oc4[c-]c5c(cc4)Cc4cccc6c7cccnc7n-5c46)ccc3c3ccccc3n2c1-c1ccccc1C.[Pt+2]. The first kappa shape index (κ1) is 31.7. The van der Waals surface area contributed by atoms with Crippen LogP contribution in [0.2, 0.25) is 0 Å². The Hall–Kier alpha value is -6.03. The van der Waals surface area contributed by atoms with Gasteiger partial charge in [-0.15, -0.1) is 29.8 Å². The summed E-state index contributed by atoms with van der Waals surface area (Å²) >= 11 is 0. The first-order chi connectivity index (χ1) is 25.6. The van der Waals surface area contributed by atoms with Crippen LogP contribution in [0.1, 0.15) is 22.3 Å². The van der Waals surface area contributed by atoms with Gasteiger partial charge in [-0.3, -0.25) is 4.98 Å². The molecule has 0 saturated carbocycles. The normalized spacial score (nSPS) is 12.1. The molecule has 0 saturated heterocycles. The Morgan fingerprint density at radius 2 is 1.32 bits per heavy atom. The number of benzene rings is 6. The molecule has 0 radical (unpaired) electrons. The van der Waals surface area contributed by atoms with Gasteiger partial charge in [-0.2, -0.15) is 6.07 Å². The number of nitrogens with zero attached hydrogens (tertiary/aromatic N) is 4. The smallest absolute Gasteiger partial charge is 0.503 e. The molecular weight excluding hydrogens is 832 g/mol. The van der Waals surface area contributed by atoms with Crippen LogP contribution in [0, 0.1) is 26.0 Å². The Bertz CT molecular complexity index is 3120. The monoisotopic (exact) mass is 861 g/mol. The van der Waals surface area contributed by atoms with Crippen molar-refractivity contribution in [3.05, 3.63) is 168 Å². The zero-order valence-corrected chi connectivity index (χ0v) is 31.2. The fourth-order valence-electron chi connectivity index (χ4n) is 8.31. The van der Waals surface area contributed by atoms with E-state index >= 15 is 0 Å². The number of aromatic nitrogens is 4. The van der Waals surface area contributed by atoms with Gasteiger partial charge in [-0.1, -0.05) is 107 Å². The Morgan fingerprint density at radius 3 is 2.17 bits per heavy atom. The number of imidazole rings is 1. The molecule has 5 heterocycles. The van der Waals surface area contributed by atoms with Gasteiger partial charge < -0.3 is 13.7 Å². The first-order valence-electron chi connectivity index (χ1n) is 17.6. The van der Waals surface area contributed by atoms with E-state index in [0.717, 1.165) is 73.0 Å². The van der Waals surface area contributed by atoms with Gasteiger partial charge in [-0.05, 0) is 60.5 Å². The molecule has 0 amide bonds. The number of ether oxygens (including phenoxy) is 1. The van der Waals surface area contributed by atoms with Crippen LogP contribution < -0.4 is 4.74 Å². The minimum atomic E-state index is 0.